The smallest absolute Gasteiger partial charge is 0.322 e. The standard InChI is InChI=1S/C19H14FN3O4/c1-11(24)12-2-6-14(7-3-12)22-17(25)16-10-21-19(27)23(18(16)26)15-8-4-13(20)5-9-15/h2-10H,1H3,(H,21,27)(H,22,25). The third-order valence-corrected chi connectivity index (χ3v) is 3.86. The highest BCUT2D eigenvalue weighted by molar-refractivity contribution is 6.04. The number of H-pyrrole nitrogens is 1. The van der Waals surface area contributed by atoms with Gasteiger partial charge >= 0.3 is 5.69 Å². The average molecular weight is 367 g/mol. The van der Waals surface area contributed by atoms with Crippen LogP contribution in [0.15, 0.2) is 64.3 Å². The summed E-state index contributed by atoms with van der Waals surface area (Å²) in [4.78, 5) is 50.6. The van der Waals surface area contributed by atoms with Crippen molar-refractivity contribution in [3.8, 4) is 5.69 Å². The van der Waals surface area contributed by atoms with Gasteiger partial charge in [-0.05, 0) is 55.5 Å². The molecule has 0 aliphatic carbocycles. The topological polar surface area (TPSA) is 101 Å². The molecule has 2 N–H and O–H groups in total. The monoisotopic (exact) mass is 367 g/mol. The molecule has 0 saturated carbocycles. The Hall–Kier alpha value is -3.81. The minimum Gasteiger partial charge on any atom is -0.322 e. The van der Waals surface area contributed by atoms with Crippen molar-refractivity contribution in [1.29, 1.82) is 0 Å². The number of hydrogen-bond acceptors (Lipinski definition) is 4. The fourth-order valence-electron chi connectivity index (χ4n) is 2.45. The van der Waals surface area contributed by atoms with Crippen molar-refractivity contribution in [1.82, 2.24) is 9.55 Å². The summed E-state index contributed by atoms with van der Waals surface area (Å²) in [6.45, 7) is 1.42. The normalized spacial score (nSPS) is 10.4. The van der Waals surface area contributed by atoms with E-state index in [-0.39, 0.29) is 17.0 Å². The van der Waals surface area contributed by atoms with Gasteiger partial charge in [-0.1, -0.05) is 0 Å². The molecule has 3 aromatic rings. The van der Waals surface area contributed by atoms with Crippen molar-refractivity contribution in [2.75, 3.05) is 5.32 Å². The quantitative estimate of drug-likeness (QED) is 0.690. The lowest BCUT2D eigenvalue weighted by molar-refractivity contribution is 0.101. The Morgan fingerprint density at radius 1 is 1.00 bits per heavy atom. The third-order valence-electron chi connectivity index (χ3n) is 3.86. The molecule has 0 bridgehead atoms. The van der Waals surface area contributed by atoms with Gasteiger partial charge in [0, 0.05) is 17.4 Å². The van der Waals surface area contributed by atoms with Crippen molar-refractivity contribution in [2.45, 2.75) is 6.92 Å². The Bertz CT molecular complexity index is 1130. The lowest BCUT2D eigenvalue weighted by atomic mass is 10.1. The number of aromatic nitrogens is 2. The SMILES string of the molecule is CC(=O)c1ccc(NC(=O)c2c[nH]c(=O)n(-c3ccc(F)cc3)c2=O)cc1. The van der Waals surface area contributed by atoms with Crippen molar-refractivity contribution in [2.24, 2.45) is 0 Å². The van der Waals surface area contributed by atoms with Gasteiger partial charge in [0.15, 0.2) is 5.78 Å². The summed E-state index contributed by atoms with van der Waals surface area (Å²) >= 11 is 0. The second-order valence-electron chi connectivity index (χ2n) is 5.71. The van der Waals surface area contributed by atoms with Crippen LogP contribution in [0.1, 0.15) is 27.6 Å². The molecule has 0 saturated heterocycles. The summed E-state index contributed by atoms with van der Waals surface area (Å²) in [7, 11) is 0. The van der Waals surface area contributed by atoms with Crippen molar-refractivity contribution < 1.29 is 14.0 Å². The molecule has 0 spiro atoms. The molecule has 0 radical (unpaired) electrons. The van der Waals surface area contributed by atoms with Crippen LogP contribution in [0.4, 0.5) is 10.1 Å². The van der Waals surface area contributed by atoms with E-state index >= 15 is 0 Å². The van der Waals surface area contributed by atoms with E-state index in [1.165, 1.54) is 31.2 Å². The number of hydrogen-bond donors (Lipinski definition) is 2. The Morgan fingerprint density at radius 3 is 2.22 bits per heavy atom. The Morgan fingerprint density at radius 2 is 1.63 bits per heavy atom. The first-order valence-corrected chi connectivity index (χ1v) is 7.90. The molecule has 1 heterocycles. The number of ketones is 1. The predicted molar refractivity (Wildman–Crippen MR) is 97.0 cm³/mol. The molecular weight excluding hydrogens is 353 g/mol. The molecule has 0 unspecified atom stereocenters. The highest BCUT2D eigenvalue weighted by Gasteiger charge is 2.16. The molecule has 0 atom stereocenters. The van der Waals surface area contributed by atoms with Crippen LogP contribution in [-0.4, -0.2) is 21.2 Å². The summed E-state index contributed by atoms with van der Waals surface area (Å²) < 4.78 is 13.8. The maximum atomic E-state index is 13.1. The number of carbonyl (C=O) groups is 2. The van der Waals surface area contributed by atoms with E-state index in [0.29, 0.717) is 11.3 Å². The molecule has 8 heteroatoms. The lowest BCUT2D eigenvalue weighted by Gasteiger charge is -2.08. The van der Waals surface area contributed by atoms with Crippen LogP contribution in [0, 0.1) is 5.82 Å². The molecule has 0 aliphatic heterocycles. The summed E-state index contributed by atoms with van der Waals surface area (Å²) in [5.41, 5.74) is -0.908. The van der Waals surface area contributed by atoms with Crippen LogP contribution in [0.3, 0.4) is 0 Å². The Labute approximate surface area is 152 Å². The average Bonchev–Trinajstić information content (AvgIpc) is 2.63. The predicted octanol–water partition coefficient (Wildman–Crippen LogP) is 2.12. The number of nitrogens with zero attached hydrogens (tertiary/aromatic N) is 1. The second kappa shape index (κ2) is 7.20. The van der Waals surface area contributed by atoms with Crippen LogP contribution in [0.25, 0.3) is 5.69 Å². The van der Waals surface area contributed by atoms with Crippen LogP contribution < -0.4 is 16.6 Å². The first kappa shape index (κ1) is 18.0. The van der Waals surface area contributed by atoms with Gasteiger partial charge in [-0.2, -0.15) is 0 Å². The number of rotatable bonds is 4. The van der Waals surface area contributed by atoms with E-state index in [1.807, 2.05) is 0 Å². The minimum absolute atomic E-state index is 0.115. The number of anilines is 1. The number of aromatic amines is 1. The van der Waals surface area contributed by atoms with E-state index in [2.05, 4.69) is 10.3 Å². The molecule has 0 fully saturated rings. The zero-order valence-corrected chi connectivity index (χ0v) is 14.2. The Balaban J connectivity index is 1.95. The van der Waals surface area contributed by atoms with E-state index in [4.69, 9.17) is 0 Å². The van der Waals surface area contributed by atoms with Gasteiger partial charge in [0.25, 0.3) is 11.5 Å². The molecule has 27 heavy (non-hydrogen) atoms. The van der Waals surface area contributed by atoms with Gasteiger partial charge in [-0.15, -0.1) is 0 Å². The van der Waals surface area contributed by atoms with Crippen LogP contribution in [0.5, 0.6) is 0 Å². The first-order chi connectivity index (χ1) is 12.9. The van der Waals surface area contributed by atoms with Crippen LogP contribution >= 0.6 is 0 Å². The number of halogens is 1. The zero-order chi connectivity index (χ0) is 19.6. The Kier molecular flexibility index (Phi) is 4.80. The summed E-state index contributed by atoms with van der Waals surface area (Å²) in [5.74, 6) is -1.37. The fourth-order valence-corrected chi connectivity index (χ4v) is 2.45. The molecular formula is C19H14FN3O4. The molecule has 1 amide bonds. The minimum atomic E-state index is -0.844. The lowest BCUT2D eigenvalue weighted by Crippen LogP contribution is -2.38. The van der Waals surface area contributed by atoms with Gasteiger partial charge in [0.2, 0.25) is 0 Å². The van der Waals surface area contributed by atoms with Crippen LogP contribution in [-0.2, 0) is 0 Å². The fraction of sp³-hybridized carbons (Fsp3) is 0.0526. The third kappa shape index (κ3) is 3.74. The molecule has 2 aromatic carbocycles. The highest BCUT2D eigenvalue weighted by Crippen LogP contribution is 2.11. The van der Waals surface area contributed by atoms with Gasteiger partial charge in [0.1, 0.15) is 11.4 Å². The maximum Gasteiger partial charge on any atom is 0.333 e. The van der Waals surface area contributed by atoms with E-state index in [1.54, 1.807) is 12.1 Å². The summed E-state index contributed by atoms with van der Waals surface area (Å²) in [6, 6.07) is 10.9. The van der Waals surface area contributed by atoms with Gasteiger partial charge < -0.3 is 10.3 Å². The van der Waals surface area contributed by atoms with Crippen molar-refractivity contribution >= 4 is 17.4 Å². The number of amides is 1. The van der Waals surface area contributed by atoms with E-state index in [0.717, 1.165) is 22.9 Å². The van der Waals surface area contributed by atoms with E-state index < -0.39 is 23.0 Å². The number of benzene rings is 2. The number of carbonyl (C=O) groups excluding carboxylic acids is 2. The number of Topliss-reactive ketones (excluding diaryl/α,β-unsaturated/α-hetero) is 1. The summed E-state index contributed by atoms with van der Waals surface area (Å²) in [6.07, 6.45) is 1.02. The maximum absolute atomic E-state index is 13.1. The van der Waals surface area contributed by atoms with Crippen molar-refractivity contribution in [3.05, 3.63) is 92.5 Å². The van der Waals surface area contributed by atoms with Crippen molar-refractivity contribution in [3.63, 3.8) is 0 Å². The molecule has 3 rings (SSSR count). The van der Waals surface area contributed by atoms with E-state index in [9.17, 15) is 23.6 Å². The second-order valence-corrected chi connectivity index (χ2v) is 5.71. The zero-order valence-electron chi connectivity index (χ0n) is 14.2. The first-order valence-electron chi connectivity index (χ1n) is 7.90. The van der Waals surface area contributed by atoms with Gasteiger partial charge in [-0.3, -0.25) is 14.4 Å². The number of nitrogens with one attached hydrogen (secondary N) is 2. The molecule has 1 aromatic heterocycles. The highest BCUT2D eigenvalue weighted by atomic mass is 19.1. The largest absolute Gasteiger partial charge is 0.333 e. The van der Waals surface area contributed by atoms with Gasteiger partial charge in [0.05, 0.1) is 5.69 Å². The molecule has 7 nitrogen and oxygen atoms in total. The van der Waals surface area contributed by atoms with Crippen LogP contribution in [0.2, 0.25) is 0 Å². The summed E-state index contributed by atoms with van der Waals surface area (Å²) in [5, 5.41) is 2.53. The van der Waals surface area contributed by atoms with Gasteiger partial charge in [-0.25, -0.2) is 13.8 Å². The molecule has 0 aliphatic rings. The molecule has 136 valence electrons.